The van der Waals surface area contributed by atoms with Crippen molar-refractivity contribution in [3.05, 3.63) is 35.4 Å². The van der Waals surface area contributed by atoms with E-state index in [9.17, 15) is 18.0 Å². The van der Waals surface area contributed by atoms with Crippen LogP contribution in [0, 0.1) is 5.92 Å². The molecule has 3 fully saturated rings. The van der Waals surface area contributed by atoms with Crippen molar-refractivity contribution >= 4 is 5.97 Å². The van der Waals surface area contributed by atoms with Gasteiger partial charge in [-0.25, -0.2) is 0 Å². The second-order valence-corrected chi connectivity index (χ2v) is 5.25. The summed E-state index contributed by atoms with van der Waals surface area (Å²) in [6.07, 6.45) is -4.34. The van der Waals surface area contributed by atoms with Gasteiger partial charge in [0.05, 0.1) is 31.3 Å². The minimum Gasteiger partial charge on any atom is -0.469 e. The molecule has 1 aromatic carbocycles. The maximum Gasteiger partial charge on any atom is 0.416 e. The number of benzene rings is 1. The molecule has 1 saturated carbocycles. The van der Waals surface area contributed by atoms with Gasteiger partial charge in [0.2, 0.25) is 0 Å². The van der Waals surface area contributed by atoms with Gasteiger partial charge >= 0.3 is 12.1 Å². The summed E-state index contributed by atoms with van der Waals surface area (Å²) in [5.41, 5.74) is -1.46. The topological polar surface area (TPSA) is 35.5 Å². The van der Waals surface area contributed by atoms with Crippen molar-refractivity contribution in [3.8, 4) is 0 Å². The Labute approximate surface area is 113 Å². The van der Waals surface area contributed by atoms with Crippen molar-refractivity contribution < 1.29 is 27.4 Å². The van der Waals surface area contributed by atoms with Crippen molar-refractivity contribution in [2.75, 3.05) is 13.7 Å². The SMILES string of the molecule is COC(=O)[C@@H]1[C@H]2C[C@]1(c1ccccc1C(F)(F)F)CO2. The minimum absolute atomic E-state index is 0.129. The molecular weight excluding hydrogens is 273 g/mol. The Bertz CT molecular complexity index is 551. The quantitative estimate of drug-likeness (QED) is 0.784. The maximum atomic E-state index is 13.1. The molecule has 3 atom stereocenters. The number of esters is 1. The Morgan fingerprint density at radius 3 is 2.70 bits per heavy atom. The van der Waals surface area contributed by atoms with Crippen LogP contribution in [0.5, 0.6) is 0 Å². The van der Waals surface area contributed by atoms with E-state index in [0.29, 0.717) is 6.42 Å². The molecule has 20 heavy (non-hydrogen) atoms. The van der Waals surface area contributed by atoms with Crippen molar-refractivity contribution in [1.29, 1.82) is 0 Å². The highest BCUT2D eigenvalue weighted by molar-refractivity contribution is 5.78. The van der Waals surface area contributed by atoms with Crippen LogP contribution in [-0.2, 0) is 25.9 Å². The van der Waals surface area contributed by atoms with Gasteiger partial charge in [-0.05, 0) is 18.1 Å². The second-order valence-electron chi connectivity index (χ2n) is 5.25. The van der Waals surface area contributed by atoms with Gasteiger partial charge in [-0.15, -0.1) is 0 Å². The van der Waals surface area contributed by atoms with E-state index in [2.05, 4.69) is 0 Å². The molecular formula is C14H13F3O3. The average molecular weight is 286 g/mol. The van der Waals surface area contributed by atoms with Crippen LogP contribution >= 0.6 is 0 Å². The van der Waals surface area contributed by atoms with Crippen LogP contribution in [0.2, 0.25) is 0 Å². The van der Waals surface area contributed by atoms with E-state index in [4.69, 9.17) is 9.47 Å². The lowest BCUT2D eigenvalue weighted by molar-refractivity contribution is -0.155. The lowest BCUT2D eigenvalue weighted by Gasteiger charge is -2.44. The summed E-state index contributed by atoms with van der Waals surface area (Å²) in [6, 6.07) is 5.38. The molecule has 0 aromatic heterocycles. The smallest absolute Gasteiger partial charge is 0.416 e. The van der Waals surface area contributed by atoms with E-state index >= 15 is 0 Å². The molecule has 3 aliphatic rings. The summed E-state index contributed by atoms with van der Waals surface area (Å²) in [5, 5.41) is 0. The third kappa shape index (κ3) is 1.67. The number of fused-ring (bicyclic) bond motifs is 1. The molecule has 4 rings (SSSR count). The van der Waals surface area contributed by atoms with Gasteiger partial charge in [0.15, 0.2) is 0 Å². The van der Waals surface area contributed by atoms with Crippen molar-refractivity contribution in [2.45, 2.75) is 24.1 Å². The largest absolute Gasteiger partial charge is 0.469 e. The zero-order valence-electron chi connectivity index (χ0n) is 10.7. The molecule has 2 saturated heterocycles. The predicted octanol–water partition coefficient (Wildman–Crippen LogP) is 2.53. The Morgan fingerprint density at radius 2 is 2.10 bits per heavy atom. The monoisotopic (exact) mass is 286 g/mol. The van der Waals surface area contributed by atoms with Crippen LogP contribution in [0.25, 0.3) is 0 Å². The summed E-state index contributed by atoms with van der Waals surface area (Å²) < 4.78 is 49.6. The van der Waals surface area contributed by atoms with Crippen LogP contribution < -0.4 is 0 Å². The molecule has 0 N–H and O–H groups in total. The summed E-state index contributed by atoms with van der Waals surface area (Å²) in [4.78, 5) is 11.8. The lowest BCUT2D eigenvalue weighted by Crippen LogP contribution is -2.53. The summed E-state index contributed by atoms with van der Waals surface area (Å²) in [6.45, 7) is 0.129. The number of carbonyl (C=O) groups excluding carboxylic acids is 1. The predicted molar refractivity (Wildman–Crippen MR) is 63.0 cm³/mol. The number of methoxy groups -OCH3 is 1. The van der Waals surface area contributed by atoms with Gasteiger partial charge in [0.25, 0.3) is 0 Å². The normalized spacial score (nSPS) is 31.8. The highest BCUT2D eigenvalue weighted by Crippen LogP contribution is 2.58. The summed E-state index contributed by atoms with van der Waals surface area (Å²) in [7, 11) is 1.24. The molecule has 1 aliphatic carbocycles. The molecule has 0 spiro atoms. The zero-order chi connectivity index (χ0) is 14.5. The first-order chi connectivity index (χ1) is 9.40. The number of ether oxygens (including phenoxy) is 2. The van der Waals surface area contributed by atoms with Crippen LogP contribution in [0.3, 0.4) is 0 Å². The number of hydrogen-bond donors (Lipinski definition) is 0. The van der Waals surface area contributed by atoms with Gasteiger partial charge in [0.1, 0.15) is 0 Å². The first-order valence-electron chi connectivity index (χ1n) is 6.26. The van der Waals surface area contributed by atoms with Gasteiger partial charge in [0, 0.05) is 5.41 Å². The fourth-order valence-electron chi connectivity index (χ4n) is 3.38. The minimum atomic E-state index is -4.44. The first-order valence-corrected chi connectivity index (χ1v) is 6.26. The van der Waals surface area contributed by atoms with E-state index in [0.717, 1.165) is 6.07 Å². The third-order valence-corrected chi connectivity index (χ3v) is 4.31. The molecule has 0 amide bonds. The second kappa shape index (κ2) is 4.22. The van der Waals surface area contributed by atoms with Crippen LogP contribution in [-0.4, -0.2) is 25.8 Å². The molecule has 2 heterocycles. The Kier molecular flexibility index (Phi) is 2.83. The van der Waals surface area contributed by atoms with Crippen molar-refractivity contribution in [1.82, 2.24) is 0 Å². The first kappa shape index (κ1) is 13.4. The fourth-order valence-corrected chi connectivity index (χ4v) is 3.38. The number of alkyl halides is 3. The van der Waals surface area contributed by atoms with E-state index in [1.54, 1.807) is 6.07 Å². The number of halogens is 3. The number of hydrogen-bond acceptors (Lipinski definition) is 3. The number of carbonyl (C=O) groups is 1. The van der Waals surface area contributed by atoms with Gasteiger partial charge in [-0.2, -0.15) is 13.2 Å². The molecule has 6 heteroatoms. The molecule has 2 bridgehead atoms. The average Bonchev–Trinajstić information content (AvgIpc) is 2.97. The lowest BCUT2D eigenvalue weighted by atomic mass is 9.57. The maximum absolute atomic E-state index is 13.1. The van der Waals surface area contributed by atoms with Crippen LogP contribution in [0.15, 0.2) is 24.3 Å². The van der Waals surface area contributed by atoms with E-state index in [1.807, 2.05) is 0 Å². The van der Waals surface area contributed by atoms with Gasteiger partial charge in [-0.1, -0.05) is 18.2 Å². The van der Waals surface area contributed by atoms with Gasteiger partial charge in [-0.3, -0.25) is 4.79 Å². The summed E-state index contributed by atoms with van der Waals surface area (Å²) >= 11 is 0. The zero-order valence-corrected chi connectivity index (χ0v) is 10.7. The molecule has 2 aliphatic heterocycles. The summed E-state index contributed by atoms with van der Waals surface area (Å²) in [5.74, 6) is -1.15. The number of rotatable bonds is 2. The third-order valence-electron chi connectivity index (χ3n) is 4.31. The Hall–Kier alpha value is -1.56. The molecule has 3 nitrogen and oxygen atoms in total. The van der Waals surface area contributed by atoms with Gasteiger partial charge < -0.3 is 9.47 Å². The molecule has 0 radical (unpaired) electrons. The highest BCUT2D eigenvalue weighted by Gasteiger charge is 2.66. The fraction of sp³-hybridized carbons (Fsp3) is 0.500. The highest BCUT2D eigenvalue weighted by atomic mass is 19.4. The molecule has 1 aromatic rings. The van der Waals surface area contributed by atoms with Crippen LogP contribution in [0.4, 0.5) is 13.2 Å². The molecule has 108 valence electrons. The molecule has 0 unspecified atom stereocenters. The standard InChI is InChI=1S/C14H13F3O3/c1-19-12(18)11-10-6-13(11,7-20-10)8-4-2-3-5-9(8)14(15,16)17/h2-5,10-11H,6-7H2,1H3/t10-,11+,13-/m1/s1. The Balaban J connectivity index is 2.08. The Morgan fingerprint density at radius 1 is 1.40 bits per heavy atom. The van der Waals surface area contributed by atoms with E-state index in [-0.39, 0.29) is 18.3 Å². The van der Waals surface area contributed by atoms with E-state index in [1.165, 1.54) is 19.2 Å². The van der Waals surface area contributed by atoms with Crippen molar-refractivity contribution in [3.63, 3.8) is 0 Å². The van der Waals surface area contributed by atoms with E-state index < -0.39 is 29.0 Å². The van der Waals surface area contributed by atoms with Crippen LogP contribution in [0.1, 0.15) is 17.5 Å². The van der Waals surface area contributed by atoms with Crippen molar-refractivity contribution in [2.24, 2.45) is 5.92 Å².